The van der Waals surface area contributed by atoms with Crippen LogP contribution in [0, 0.1) is 21.4 Å². The van der Waals surface area contributed by atoms with Gasteiger partial charge in [0.15, 0.2) is 0 Å². The summed E-state index contributed by atoms with van der Waals surface area (Å²) in [6.45, 7) is 3.75. The van der Waals surface area contributed by atoms with E-state index in [1.165, 1.54) is 64.7 Å². The number of carbonyl (C=O) groups excluding carboxylic acids is 3. The number of amides is 2. The number of allylic oxidation sites excluding steroid dienone is 1. The van der Waals surface area contributed by atoms with Crippen LogP contribution in [0.25, 0.3) is 0 Å². The van der Waals surface area contributed by atoms with Crippen molar-refractivity contribution in [1.82, 2.24) is 10.2 Å². The van der Waals surface area contributed by atoms with Gasteiger partial charge in [-0.2, -0.15) is 5.26 Å². The second-order valence-electron chi connectivity index (χ2n) is 7.23. The second-order valence-corrected chi connectivity index (χ2v) is 10.6. The first kappa shape index (κ1) is 25.7. The molecule has 34 heavy (non-hydrogen) atoms. The number of carbonyl (C=O) groups is 3. The van der Waals surface area contributed by atoms with Crippen molar-refractivity contribution in [2.45, 2.75) is 22.8 Å². The summed E-state index contributed by atoms with van der Waals surface area (Å²) in [5.41, 5.74) is 0.544. The molecule has 1 N–H and O–H groups in total. The molecule has 3 atom stereocenters. The van der Waals surface area contributed by atoms with Crippen LogP contribution in [0.15, 0.2) is 47.7 Å². The molecule has 3 rings (SSSR count). The number of esters is 1. The van der Waals surface area contributed by atoms with Crippen LogP contribution >= 0.6 is 35.3 Å². The summed E-state index contributed by atoms with van der Waals surface area (Å²) in [4.78, 5) is 49.6. The van der Waals surface area contributed by atoms with E-state index in [-0.39, 0.29) is 41.8 Å². The molecular formula is C21H20N4O6S3. The third-order valence-electron chi connectivity index (χ3n) is 5.02. The molecule has 2 amide bonds. The fourth-order valence-electron chi connectivity index (χ4n) is 3.37. The van der Waals surface area contributed by atoms with E-state index >= 15 is 0 Å². The second kappa shape index (κ2) is 11.5. The number of nitro benzene ring substituents is 1. The molecule has 1 aromatic rings. The number of fused-ring (bicyclic) bond motifs is 1. The number of nitrogens with zero attached hydrogens (tertiary/aromatic N) is 3. The Kier molecular flexibility index (Phi) is 8.65. The van der Waals surface area contributed by atoms with Crippen LogP contribution in [0.2, 0.25) is 0 Å². The van der Waals surface area contributed by atoms with Gasteiger partial charge in [-0.3, -0.25) is 24.5 Å². The molecule has 2 fully saturated rings. The molecule has 0 radical (unpaired) electrons. The fraction of sp³-hybridized carbons (Fsp3) is 0.333. The third kappa shape index (κ3) is 5.75. The lowest BCUT2D eigenvalue weighted by molar-refractivity contribution is -0.384. The number of ether oxygens (including phenoxy) is 1. The highest BCUT2D eigenvalue weighted by Gasteiger charge is 2.58. The van der Waals surface area contributed by atoms with E-state index in [0.29, 0.717) is 11.3 Å². The third-order valence-corrected chi connectivity index (χ3v) is 8.55. The van der Waals surface area contributed by atoms with Crippen LogP contribution in [0.3, 0.4) is 0 Å². The number of hydrogen-bond donors (Lipinski definition) is 1. The first-order chi connectivity index (χ1) is 16.3. The molecule has 2 aliphatic heterocycles. The van der Waals surface area contributed by atoms with Crippen LogP contribution in [0.1, 0.15) is 5.56 Å². The molecule has 0 aromatic heterocycles. The van der Waals surface area contributed by atoms with E-state index in [1.807, 2.05) is 6.07 Å². The highest BCUT2D eigenvalue weighted by molar-refractivity contribution is 8.06. The van der Waals surface area contributed by atoms with Crippen molar-refractivity contribution in [1.29, 1.82) is 5.26 Å². The van der Waals surface area contributed by atoms with Gasteiger partial charge in [0.2, 0.25) is 11.8 Å². The van der Waals surface area contributed by atoms with E-state index in [2.05, 4.69) is 11.9 Å². The Morgan fingerprint density at radius 3 is 2.82 bits per heavy atom. The number of hydrogen-bond acceptors (Lipinski definition) is 10. The SMILES string of the molecule is C=CSC1(C(=O)OCc2ccc([N+](=O)[O-])cc2)CS[C@@H]2C(NC(=O)CSC=CC#N)C(=O)N2C1. The molecule has 2 aliphatic rings. The molecule has 10 nitrogen and oxygen atoms in total. The van der Waals surface area contributed by atoms with E-state index in [4.69, 9.17) is 10.00 Å². The summed E-state index contributed by atoms with van der Waals surface area (Å²) in [5, 5.41) is 24.7. The van der Waals surface area contributed by atoms with E-state index in [1.54, 1.807) is 4.90 Å². The number of β-lactam (4-membered cyclic amide) rings is 1. The predicted octanol–water partition coefficient (Wildman–Crippen LogP) is 2.42. The minimum Gasteiger partial charge on any atom is -0.460 e. The summed E-state index contributed by atoms with van der Waals surface area (Å²) in [5.74, 6) is -0.664. The van der Waals surface area contributed by atoms with Gasteiger partial charge in [-0.05, 0) is 28.5 Å². The molecule has 178 valence electrons. The first-order valence-electron chi connectivity index (χ1n) is 9.88. The Bertz CT molecular complexity index is 1060. The zero-order chi connectivity index (χ0) is 24.7. The standard InChI is InChI=1S/C21H20N4O6S3/c1-2-34-21(20(28)31-10-14-4-6-15(7-5-14)25(29)30)12-24-18(27)17(19(24)33-13-21)23-16(26)11-32-9-3-8-22/h2-7,9,17,19H,1,10-13H2,(H,23,26)/t17?,19-,21?/m1/s1. The number of nitriles is 1. The number of non-ortho nitro benzene ring substituents is 1. The van der Waals surface area contributed by atoms with Crippen LogP contribution in [0.4, 0.5) is 5.69 Å². The molecule has 2 heterocycles. The van der Waals surface area contributed by atoms with Crippen LogP contribution in [-0.4, -0.2) is 61.8 Å². The molecule has 0 aliphatic carbocycles. The number of thioether (sulfide) groups is 3. The number of nitrogens with one attached hydrogen (secondary N) is 1. The highest BCUT2D eigenvalue weighted by Crippen LogP contribution is 2.44. The zero-order valence-electron chi connectivity index (χ0n) is 17.7. The largest absolute Gasteiger partial charge is 0.460 e. The Morgan fingerprint density at radius 1 is 1.44 bits per heavy atom. The molecule has 2 unspecified atom stereocenters. The van der Waals surface area contributed by atoms with Crippen molar-refractivity contribution < 1.29 is 24.0 Å². The summed E-state index contributed by atoms with van der Waals surface area (Å²) >= 11 is 3.72. The molecule has 13 heteroatoms. The van der Waals surface area contributed by atoms with Crippen molar-refractivity contribution >= 4 is 58.8 Å². The zero-order valence-corrected chi connectivity index (χ0v) is 20.2. The van der Waals surface area contributed by atoms with Crippen molar-refractivity contribution in [3.63, 3.8) is 0 Å². The van der Waals surface area contributed by atoms with Gasteiger partial charge in [0.05, 0.1) is 16.7 Å². The molecule has 1 aromatic carbocycles. The minimum atomic E-state index is -1.05. The summed E-state index contributed by atoms with van der Waals surface area (Å²) in [6.07, 6.45) is 1.27. The topological polar surface area (TPSA) is 143 Å². The molecule has 0 spiro atoms. The number of rotatable bonds is 10. The predicted molar refractivity (Wildman–Crippen MR) is 131 cm³/mol. The van der Waals surface area contributed by atoms with Crippen LogP contribution in [-0.2, 0) is 25.7 Å². The van der Waals surface area contributed by atoms with Crippen LogP contribution < -0.4 is 5.32 Å². The molecular weight excluding hydrogens is 500 g/mol. The highest BCUT2D eigenvalue weighted by atomic mass is 32.2. The van der Waals surface area contributed by atoms with Gasteiger partial charge in [-0.25, -0.2) is 0 Å². The average Bonchev–Trinajstić information content (AvgIpc) is 2.84. The quantitative estimate of drug-likeness (QED) is 0.161. The Hall–Kier alpha value is -2.95. The lowest BCUT2D eigenvalue weighted by atomic mass is 10.0. The van der Waals surface area contributed by atoms with Gasteiger partial charge >= 0.3 is 5.97 Å². The minimum absolute atomic E-state index is 0.0568. The molecule has 0 saturated carbocycles. The fourth-order valence-corrected chi connectivity index (χ4v) is 6.40. The first-order valence-corrected chi connectivity index (χ1v) is 12.9. The van der Waals surface area contributed by atoms with Crippen molar-refractivity contribution in [2.75, 3.05) is 18.1 Å². The maximum absolute atomic E-state index is 13.0. The summed E-state index contributed by atoms with van der Waals surface area (Å²) < 4.78 is 4.44. The van der Waals surface area contributed by atoms with Gasteiger partial charge in [0.25, 0.3) is 5.69 Å². The van der Waals surface area contributed by atoms with Crippen LogP contribution in [0.5, 0.6) is 0 Å². The average molecular weight is 521 g/mol. The normalized spacial score (nSPS) is 23.4. The Balaban J connectivity index is 1.58. The van der Waals surface area contributed by atoms with E-state index in [9.17, 15) is 24.5 Å². The number of benzene rings is 1. The summed E-state index contributed by atoms with van der Waals surface area (Å²) in [7, 11) is 0. The van der Waals surface area contributed by atoms with Gasteiger partial charge in [-0.1, -0.05) is 6.58 Å². The van der Waals surface area contributed by atoms with Crippen molar-refractivity contribution in [2.24, 2.45) is 0 Å². The van der Waals surface area contributed by atoms with Crippen molar-refractivity contribution in [3.8, 4) is 6.07 Å². The summed E-state index contributed by atoms with van der Waals surface area (Å²) in [6, 6.07) is 6.88. The smallest absolute Gasteiger partial charge is 0.325 e. The lowest BCUT2D eigenvalue weighted by Crippen LogP contribution is -2.74. The Labute approximate surface area is 208 Å². The van der Waals surface area contributed by atoms with Crippen molar-refractivity contribution in [3.05, 3.63) is 63.4 Å². The lowest BCUT2D eigenvalue weighted by Gasteiger charge is -2.53. The van der Waals surface area contributed by atoms with E-state index < -0.39 is 21.7 Å². The van der Waals surface area contributed by atoms with Gasteiger partial charge in [-0.15, -0.1) is 35.3 Å². The Morgan fingerprint density at radius 2 is 2.18 bits per heavy atom. The van der Waals surface area contributed by atoms with Gasteiger partial charge in [0, 0.05) is 30.5 Å². The van der Waals surface area contributed by atoms with Gasteiger partial charge in [0.1, 0.15) is 22.8 Å². The molecule has 0 bridgehead atoms. The van der Waals surface area contributed by atoms with E-state index in [0.717, 1.165) is 11.8 Å². The van der Waals surface area contributed by atoms with Gasteiger partial charge < -0.3 is 15.0 Å². The molecule has 2 saturated heterocycles. The maximum Gasteiger partial charge on any atom is 0.325 e. The number of nitro groups is 1. The monoisotopic (exact) mass is 520 g/mol. The maximum atomic E-state index is 13.0.